The minimum Gasteiger partial charge on any atom is -0.113 e. The fourth-order valence-electron chi connectivity index (χ4n) is 2.44. The van der Waals surface area contributed by atoms with Crippen molar-refractivity contribution in [1.82, 2.24) is 0 Å². The molecule has 19 heavy (non-hydrogen) atoms. The molecule has 0 N–H and O–H groups in total. The second kappa shape index (κ2) is 5.79. The van der Waals surface area contributed by atoms with Crippen LogP contribution in [0, 0.1) is 13.8 Å². The molecule has 0 saturated heterocycles. The highest BCUT2D eigenvalue weighted by Crippen LogP contribution is 2.33. The summed E-state index contributed by atoms with van der Waals surface area (Å²) < 4.78 is 0. The van der Waals surface area contributed by atoms with Crippen molar-refractivity contribution in [3.05, 3.63) is 70.3 Å². The predicted octanol–water partition coefficient (Wildman–Crippen LogP) is 5.76. The van der Waals surface area contributed by atoms with Crippen molar-refractivity contribution in [3.8, 4) is 0 Å². The molecule has 0 fully saturated rings. The van der Waals surface area contributed by atoms with Gasteiger partial charge in [-0.25, -0.2) is 0 Å². The van der Waals surface area contributed by atoms with Crippen LogP contribution in [0.1, 0.15) is 53.0 Å². The zero-order chi connectivity index (χ0) is 14.0. The lowest BCUT2D eigenvalue weighted by atomic mass is 9.94. The van der Waals surface area contributed by atoms with Gasteiger partial charge in [-0.3, -0.25) is 0 Å². The van der Waals surface area contributed by atoms with Crippen molar-refractivity contribution < 1.29 is 0 Å². The monoisotopic (exact) mass is 272 g/mol. The maximum atomic E-state index is 6.67. The largest absolute Gasteiger partial charge is 0.113 e. The van der Waals surface area contributed by atoms with Gasteiger partial charge in [-0.05, 0) is 47.6 Å². The zero-order valence-electron chi connectivity index (χ0n) is 12.1. The van der Waals surface area contributed by atoms with Gasteiger partial charge < -0.3 is 0 Å². The van der Waals surface area contributed by atoms with Crippen LogP contribution >= 0.6 is 11.6 Å². The zero-order valence-corrected chi connectivity index (χ0v) is 12.8. The third-order valence-electron chi connectivity index (χ3n) is 3.69. The number of hydrogen-bond acceptors (Lipinski definition) is 0. The van der Waals surface area contributed by atoms with E-state index < -0.39 is 0 Å². The quantitative estimate of drug-likeness (QED) is 0.624. The standard InChI is InChI=1S/C18H21Cl/c1-12(2)15-8-10-16(11-9-15)18(19)17-13(3)6-5-7-14(17)4/h5-12,18H,1-4H3. The lowest BCUT2D eigenvalue weighted by molar-refractivity contribution is 0.865. The van der Waals surface area contributed by atoms with Gasteiger partial charge in [-0.15, -0.1) is 11.6 Å². The van der Waals surface area contributed by atoms with Crippen LogP contribution < -0.4 is 0 Å². The van der Waals surface area contributed by atoms with Gasteiger partial charge in [0.2, 0.25) is 0 Å². The molecule has 0 aliphatic carbocycles. The number of aryl methyl sites for hydroxylation is 2. The maximum absolute atomic E-state index is 6.67. The van der Waals surface area contributed by atoms with Crippen LogP contribution in [-0.4, -0.2) is 0 Å². The second-order valence-corrected chi connectivity index (χ2v) is 5.93. The average Bonchev–Trinajstić information content (AvgIpc) is 2.38. The number of halogens is 1. The molecule has 0 spiro atoms. The molecule has 0 heterocycles. The lowest BCUT2D eigenvalue weighted by Crippen LogP contribution is -2.00. The lowest BCUT2D eigenvalue weighted by Gasteiger charge is -2.17. The van der Waals surface area contributed by atoms with Gasteiger partial charge in [0.05, 0.1) is 5.38 Å². The normalized spacial score (nSPS) is 12.7. The Balaban J connectivity index is 2.36. The summed E-state index contributed by atoms with van der Waals surface area (Å²) in [5.74, 6) is 0.558. The summed E-state index contributed by atoms with van der Waals surface area (Å²) in [5, 5.41) is -0.0672. The van der Waals surface area contributed by atoms with Crippen molar-refractivity contribution in [2.24, 2.45) is 0 Å². The van der Waals surface area contributed by atoms with Crippen LogP contribution in [0.2, 0.25) is 0 Å². The summed E-state index contributed by atoms with van der Waals surface area (Å²) in [5.41, 5.74) is 6.28. The molecule has 0 amide bonds. The van der Waals surface area contributed by atoms with E-state index in [4.69, 9.17) is 11.6 Å². The van der Waals surface area contributed by atoms with Gasteiger partial charge in [-0.2, -0.15) is 0 Å². The van der Waals surface area contributed by atoms with E-state index in [1.807, 2.05) is 0 Å². The molecule has 1 unspecified atom stereocenters. The van der Waals surface area contributed by atoms with Gasteiger partial charge in [0.25, 0.3) is 0 Å². The van der Waals surface area contributed by atoms with Crippen molar-refractivity contribution in [2.75, 3.05) is 0 Å². The Morgan fingerprint density at radius 3 is 1.74 bits per heavy atom. The van der Waals surface area contributed by atoms with E-state index in [0.29, 0.717) is 5.92 Å². The maximum Gasteiger partial charge on any atom is 0.0840 e. The number of benzene rings is 2. The Hall–Kier alpha value is -1.27. The van der Waals surface area contributed by atoms with E-state index in [1.54, 1.807) is 0 Å². The van der Waals surface area contributed by atoms with Crippen molar-refractivity contribution in [1.29, 1.82) is 0 Å². The third-order valence-corrected chi connectivity index (χ3v) is 4.16. The molecule has 0 saturated carbocycles. The first-order valence-electron chi connectivity index (χ1n) is 6.80. The summed E-state index contributed by atoms with van der Waals surface area (Å²) in [4.78, 5) is 0. The highest BCUT2D eigenvalue weighted by Gasteiger charge is 2.15. The molecule has 1 atom stereocenters. The van der Waals surface area contributed by atoms with Crippen LogP contribution in [0.3, 0.4) is 0 Å². The summed E-state index contributed by atoms with van der Waals surface area (Å²) in [7, 11) is 0. The molecule has 0 nitrogen and oxygen atoms in total. The highest BCUT2D eigenvalue weighted by atomic mass is 35.5. The molecule has 0 aromatic heterocycles. The first-order valence-corrected chi connectivity index (χ1v) is 7.24. The molecule has 0 aliphatic rings. The fourth-order valence-corrected chi connectivity index (χ4v) is 2.93. The van der Waals surface area contributed by atoms with Crippen molar-refractivity contribution in [3.63, 3.8) is 0 Å². The molecule has 2 aromatic carbocycles. The Morgan fingerprint density at radius 1 is 0.789 bits per heavy atom. The Kier molecular flexibility index (Phi) is 4.31. The van der Waals surface area contributed by atoms with Gasteiger partial charge in [0, 0.05) is 0 Å². The minimum absolute atomic E-state index is 0.0672. The Labute approximate surface area is 121 Å². The van der Waals surface area contributed by atoms with Crippen molar-refractivity contribution in [2.45, 2.75) is 39.0 Å². The van der Waals surface area contributed by atoms with Crippen LogP contribution in [-0.2, 0) is 0 Å². The van der Waals surface area contributed by atoms with Crippen LogP contribution in [0.15, 0.2) is 42.5 Å². The van der Waals surface area contributed by atoms with E-state index in [1.165, 1.54) is 27.8 Å². The van der Waals surface area contributed by atoms with Crippen LogP contribution in [0.5, 0.6) is 0 Å². The molecule has 0 bridgehead atoms. The fraction of sp³-hybridized carbons (Fsp3) is 0.333. The molecule has 1 heteroatoms. The second-order valence-electron chi connectivity index (χ2n) is 5.49. The van der Waals surface area contributed by atoms with Gasteiger partial charge in [-0.1, -0.05) is 56.3 Å². The number of hydrogen-bond donors (Lipinski definition) is 0. The number of alkyl halides is 1. The molecular weight excluding hydrogens is 252 g/mol. The smallest absolute Gasteiger partial charge is 0.0840 e. The Bertz CT molecular complexity index is 532. The summed E-state index contributed by atoms with van der Waals surface area (Å²) in [6, 6.07) is 15.0. The molecule has 0 aliphatic heterocycles. The van der Waals surface area contributed by atoms with Gasteiger partial charge in [0.15, 0.2) is 0 Å². The third kappa shape index (κ3) is 3.01. The van der Waals surface area contributed by atoms with E-state index in [-0.39, 0.29) is 5.38 Å². The van der Waals surface area contributed by atoms with Gasteiger partial charge in [0.1, 0.15) is 0 Å². The first kappa shape index (κ1) is 14.1. The first-order chi connectivity index (χ1) is 9.00. The molecule has 0 radical (unpaired) electrons. The summed E-state index contributed by atoms with van der Waals surface area (Å²) in [6.07, 6.45) is 0. The Morgan fingerprint density at radius 2 is 1.26 bits per heavy atom. The molecule has 100 valence electrons. The van der Waals surface area contributed by atoms with Crippen LogP contribution in [0.25, 0.3) is 0 Å². The SMILES string of the molecule is Cc1cccc(C)c1C(Cl)c1ccc(C(C)C)cc1. The highest BCUT2D eigenvalue weighted by molar-refractivity contribution is 6.22. The van der Waals surface area contributed by atoms with E-state index >= 15 is 0 Å². The predicted molar refractivity (Wildman–Crippen MR) is 84.1 cm³/mol. The average molecular weight is 273 g/mol. The number of rotatable bonds is 3. The van der Waals surface area contributed by atoms with Crippen LogP contribution in [0.4, 0.5) is 0 Å². The summed E-state index contributed by atoms with van der Waals surface area (Å²) in [6.45, 7) is 8.66. The molecule has 2 aromatic rings. The van der Waals surface area contributed by atoms with Crippen molar-refractivity contribution >= 4 is 11.6 Å². The topological polar surface area (TPSA) is 0 Å². The molecular formula is C18H21Cl. The summed E-state index contributed by atoms with van der Waals surface area (Å²) >= 11 is 6.67. The van der Waals surface area contributed by atoms with E-state index in [2.05, 4.69) is 70.2 Å². The minimum atomic E-state index is -0.0672. The van der Waals surface area contributed by atoms with E-state index in [0.717, 1.165) is 0 Å². The van der Waals surface area contributed by atoms with E-state index in [9.17, 15) is 0 Å². The molecule has 2 rings (SSSR count). The van der Waals surface area contributed by atoms with Gasteiger partial charge >= 0.3 is 0 Å².